The molecule has 2 heterocycles. The first-order valence-corrected chi connectivity index (χ1v) is 8.98. The summed E-state index contributed by atoms with van der Waals surface area (Å²) in [6, 6.07) is 5.31. The average molecular weight is 342 g/mol. The number of halogens is 1. The molecule has 0 amide bonds. The number of hydrogen-bond acceptors (Lipinski definition) is 4. The number of carboxylic acid groups (broad SMARTS) is 1. The molecule has 6 nitrogen and oxygen atoms in total. The SMILES string of the molecule is CN1C[C@H]2CN(S(=O)(=O)Cc3ccc(F)cc3)C[C@@]2(C(=O)O)C1. The van der Waals surface area contributed by atoms with E-state index in [0.717, 1.165) is 0 Å². The van der Waals surface area contributed by atoms with Crippen molar-refractivity contribution in [1.29, 1.82) is 0 Å². The van der Waals surface area contributed by atoms with Crippen LogP contribution in [0.2, 0.25) is 0 Å². The zero-order valence-electron chi connectivity index (χ0n) is 12.8. The molecule has 0 saturated carbocycles. The Balaban J connectivity index is 1.80. The van der Waals surface area contributed by atoms with Gasteiger partial charge in [-0.3, -0.25) is 4.79 Å². The highest BCUT2D eigenvalue weighted by molar-refractivity contribution is 7.88. The van der Waals surface area contributed by atoms with Crippen molar-refractivity contribution in [2.45, 2.75) is 5.75 Å². The van der Waals surface area contributed by atoms with Crippen LogP contribution in [0.25, 0.3) is 0 Å². The summed E-state index contributed by atoms with van der Waals surface area (Å²) in [5.74, 6) is -1.81. The molecule has 2 aliphatic rings. The third-order valence-corrected chi connectivity index (χ3v) is 6.59. The molecular formula is C15H19FN2O4S. The lowest BCUT2D eigenvalue weighted by atomic mass is 9.81. The number of benzene rings is 1. The van der Waals surface area contributed by atoms with Crippen LogP contribution in [0.1, 0.15) is 5.56 Å². The van der Waals surface area contributed by atoms with Gasteiger partial charge < -0.3 is 10.0 Å². The fourth-order valence-corrected chi connectivity index (χ4v) is 5.30. The largest absolute Gasteiger partial charge is 0.481 e. The summed E-state index contributed by atoms with van der Waals surface area (Å²) in [6.45, 7) is 1.16. The normalized spacial score (nSPS) is 28.9. The predicted octanol–water partition coefficient (Wildman–Crippen LogP) is 0.604. The first-order chi connectivity index (χ1) is 10.7. The summed E-state index contributed by atoms with van der Waals surface area (Å²) in [4.78, 5) is 13.7. The van der Waals surface area contributed by atoms with E-state index >= 15 is 0 Å². The van der Waals surface area contributed by atoms with Crippen LogP contribution in [0, 0.1) is 17.2 Å². The van der Waals surface area contributed by atoms with Crippen LogP contribution in [0.4, 0.5) is 4.39 Å². The van der Waals surface area contributed by atoms with E-state index in [1.165, 1.54) is 28.6 Å². The van der Waals surface area contributed by atoms with E-state index in [4.69, 9.17) is 0 Å². The molecule has 2 aliphatic heterocycles. The second-order valence-corrected chi connectivity index (χ2v) is 8.50. The van der Waals surface area contributed by atoms with Crippen LogP contribution < -0.4 is 0 Å². The number of fused-ring (bicyclic) bond motifs is 1. The molecule has 0 spiro atoms. The minimum Gasteiger partial charge on any atom is -0.481 e. The van der Waals surface area contributed by atoms with E-state index in [1.54, 1.807) is 0 Å². The third-order valence-electron chi connectivity index (χ3n) is 4.83. The van der Waals surface area contributed by atoms with E-state index in [2.05, 4.69) is 0 Å². The van der Waals surface area contributed by atoms with Crippen molar-refractivity contribution < 1.29 is 22.7 Å². The highest BCUT2D eigenvalue weighted by atomic mass is 32.2. The maximum absolute atomic E-state index is 12.9. The van der Waals surface area contributed by atoms with E-state index in [-0.39, 0.29) is 24.8 Å². The van der Waals surface area contributed by atoms with Gasteiger partial charge in [0.25, 0.3) is 0 Å². The molecule has 1 N–H and O–H groups in total. The van der Waals surface area contributed by atoms with Crippen LogP contribution in [0.5, 0.6) is 0 Å². The second-order valence-electron chi connectivity index (χ2n) is 6.53. The summed E-state index contributed by atoms with van der Waals surface area (Å²) in [5, 5.41) is 9.61. The van der Waals surface area contributed by atoms with Gasteiger partial charge in [0.05, 0.1) is 11.2 Å². The van der Waals surface area contributed by atoms with Crippen molar-refractivity contribution in [2.24, 2.45) is 11.3 Å². The van der Waals surface area contributed by atoms with Gasteiger partial charge >= 0.3 is 5.97 Å². The Morgan fingerprint density at radius 1 is 1.30 bits per heavy atom. The number of carbonyl (C=O) groups is 1. The van der Waals surface area contributed by atoms with Crippen LogP contribution in [0.3, 0.4) is 0 Å². The third kappa shape index (κ3) is 2.86. The van der Waals surface area contributed by atoms with Gasteiger partial charge in [0.1, 0.15) is 5.82 Å². The summed E-state index contributed by atoms with van der Waals surface area (Å²) in [6.07, 6.45) is 0. The van der Waals surface area contributed by atoms with Crippen molar-refractivity contribution in [3.05, 3.63) is 35.6 Å². The summed E-state index contributed by atoms with van der Waals surface area (Å²) >= 11 is 0. The summed E-state index contributed by atoms with van der Waals surface area (Å²) < 4.78 is 39.4. The number of likely N-dealkylation sites (tertiary alicyclic amines) is 1. The number of sulfonamides is 1. The van der Waals surface area contributed by atoms with E-state index in [9.17, 15) is 22.7 Å². The zero-order valence-corrected chi connectivity index (χ0v) is 13.6. The minimum absolute atomic E-state index is 0.000861. The highest BCUT2D eigenvalue weighted by Crippen LogP contribution is 2.43. The van der Waals surface area contributed by atoms with Crippen molar-refractivity contribution >= 4 is 16.0 Å². The van der Waals surface area contributed by atoms with E-state index in [1.807, 2.05) is 11.9 Å². The number of carboxylic acids is 1. The Kier molecular flexibility index (Phi) is 3.94. The first-order valence-electron chi connectivity index (χ1n) is 7.37. The number of aliphatic carboxylic acids is 1. The van der Waals surface area contributed by atoms with Crippen LogP contribution in [-0.2, 0) is 20.6 Å². The lowest BCUT2D eigenvalue weighted by Gasteiger charge is -2.24. The Morgan fingerprint density at radius 3 is 2.52 bits per heavy atom. The quantitative estimate of drug-likeness (QED) is 0.867. The summed E-state index contributed by atoms with van der Waals surface area (Å²) in [7, 11) is -1.78. The van der Waals surface area contributed by atoms with Gasteiger partial charge in [-0.2, -0.15) is 0 Å². The monoisotopic (exact) mass is 342 g/mol. The van der Waals surface area contributed by atoms with Gasteiger partial charge in [0.2, 0.25) is 10.0 Å². The second kappa shape index (κ2) is 5.54. The molecule has 0 unspecified atom stereocenters. The average Bonchev–Trinajstić information content (AvgIpc) is 2.95. The standard InChI is InChI=1S/C15H19FN2O4S/c1-17-6-12-7-18(10-15(12,9-17)14(19)20)23(21,22)8-11-2-4-13(16)5-3-11/h2-5,12H,6-10H2,1H3,(H,19,20)/t12-,15-/m0/s1. The Bertz CT molecular complexity index is 721. The van der Waals surface area contributed by atoms with Gasteiger partial charge in [0, 0.05) is 32.1 Å². The topological polar surface area (TPSA) is 77.9 Å². The van der Waals surface area contributed by atoms with Gasteiger partial charge in [-0.25, -0.2) is 17.1 Å². The molecular weight excluding hydrogens is 323 g/mol. The molecule has 23 heavy (non-hydrogen) atoms. The maximum Gasteiger partial charge on any atom is 0.312 e. The molecule has 0 aliphatic carbocycles. The molecule has 8 heteroatoms. The van der Waals surface area contributed by atoms with Crippen molar-refractivity contribution in [3.63, 3.8) is 0 Å². The van der Waals surface area contributed by atoms with Crippen molar-refractivity contribution in [3.8, 4) is 0 Å². The Hall–Kier alpha value is -1.51. The fourth-order valence-electron chi connectivity index (χ4n) is 3.67. The lowest BCUT2D eigenvalue weighted by Crippen LogP contribution is -2.41. The molecule has 0 radical (unpaired) electrons. The van der Waals surface area contributed by atoms with Gasteiger partial charge in [-0.15, -0.1) is 0 Å². The molecule has 0 aromatic heterocycles. The predicted molar refractivity (Wildman–Crippen MR) is 81.7 cm³/mol. The minimum atomic E-state index is -3.63. The Morgan fingerprint density at radius 2 is 1.96 bits per heavy atom. The van der Waals surface area contributed by atoms with Gasteiger partial charge in [-0.1, -0.05) is 12.1 Å². The number of rotatable bonds is 4. The van der Waals surface area contributed by atoms with Crippen LogP contribution >= 0.6 is 0 Å². The zero-order chi connectivity index (χ0) is 16.8. The molecule has 2 atom stereocenters. The molecule has 1 aromatic carbocycles. The lowest BCUT2D eigenvalue weighted by molar-refractivity contribution is -0.148. The first kappa shape index (κ1) is 16.4. The van der Waals surface area contributed by atoms with Crippen LogP contribution in [-0.4, -0.2) is 61.9 Å². The molecule has 0 bridgehead atoms. The van der Waals surface area contributed by atoms with E-state index < -0.39 is 27.2 Å². The maximum atomic E-state index is 12.9. The smallest absolute Gasteiger partial charge is 0.312 e. The molecule has 2 saturated heterocycles. The van der Waals surface area contributed by atoms with Crippen molar-refractivity contribution in [1.82, 2.24) is 9.21 Å². The van der Waals surface area contributed by atoms with E-state index in [0.29, 0.717) is 18.7 Å². The van der Waals surface area contributed by atoms with Gasteiger partial charge in [0.15, 0.2) is 0 Å². The molecule has 3 rings (SSSR count). The van der Waals surface area contributed by atoms with Crippen molar-refractivity contribution in [2.75, 3.05) is 33.2 Å². The van der Waals surface area contributed by atoms with Crippen LogP contribution in [0.15, 0.2) is 24.3 Å². The number of hydrogen-bond donors (Lipinski definition) is 1. The Labute approximate surface area is 134 Å². The van der Waals surface area contributed by atoms with Gasteiger partial charge in [-0.05, 0) is 24.7 Å². The molecule has 126 valence electrons. The highest BCUT2D eigenvalue weighted by Gasteiger charge is 2.58. The molecule has 2 fully saturated rings. The molecule has 1 aromatic rings. The number of nitrogens with zero attached hydrogens (tertiary/aromatic N) is 2. The summed E-state index contributed by atoms with van der Waals surface area (Å²) in [5.41, 5.74) is -0.533. The fraction of sp³-hybridized carbons (Fsp3) is 0.533.